The van der Waals surface area contributed by atoms with Crippen LogP contribution in [0.4, 0.5) is 0 Å². The van der Waals surface area contributed by atoms with Crippen LogP contribution in [0.15, 0.2) is 97.1 Å². The number of pyridine rings is 1. The summed E-state index contributed by atoms with van der Waals surface area (Å²) in [4.78, 5) is 0. The van der Waals surface area contributed by atoms with Gasteiger partial charge in [0.25, 0.3) is 0 Å². The third-order valence-electron chi connectivity index (χ3n) is 10.3. The van der Waals surface area contributed by atoms with Crippen LogP contribution in [0, 0.1) is 6.92 Å². The van der Waals surface area contributed by atoms with E-state index in [0.29, 0.717) is 0 Å². The summed E-state index contributed by atoms with van der Waals surface area (Å²) in [7, 11) is 2.23. The monoisotopic (exact) mass is 617 g/mol. The van der Waals surface area contributed by atoms with Gasteiger partial charge in [-0.25, -0.2) is 0 Å². The summed E-state index contributed by atoms with van der Waals surface area (Å²) in [5.74, 6) is 0. The lowest BCUT2D eigenvalue weighted by atomic mass is 9.80. The van der Waals surface area contributed by atoms with Gasteiger partial charge in [0.15, 0.2) is 0 Å². The van der Waals surface area contributed by atoms with Crippen molar-refractivity contribution in [2.24, 2.45) is 7.05 Å². The van der Waals surface area contributed by atoms with E-state index < -0.39 is 0 Å². The molecule has 0 bridgehead atoms. The Balaban J connectivity index is 1.63. The van der Waals surface area contributed by atoms with Crippen LogP contribution in [-0.2, 0) is 23.3 Å². The van der Waals surface area contributed by atoms with Crippen LogP contribution in [0.25, 0.3) is 60.4 Å². The molecule has 5 aromatic carbocycles. The van der Waals surface area contributed by atoms with E-state index in [1.807, 2.05) is 0 Å². The molecule has 0 aliphatic carbocycles. The maximum Gasteiger partial charge on any atom is 0.215 e. The number of fused-ring (bicyclic) bond motifs is 5. The largest absolute Gasteiger partial charge is 0.308 e. The first-order chi connectivity index (χ1) is 22.1. The first kappa shape index (κ1) is 31.2. The lowest BCUT2D eigenvalue weighted by Crippen LogP contribution is -2.33. The molecule has 0 N–H and O–H groups in total. The van der Waals surface area contributed by atoms with Crippen molar-refractivity contribution in [1.29, 1.82) is 0 Å². The van der Waals surface area contributed by atoms with Crippen LogP contribution in [-0.4, -0.2) is 4.57 Å². The Kier molecular flexibility index (Phi) is 6.99. The van der Waals surface area contributed by atoms with E-state index in [-0.39, 0.29) is 16.2 Å². The highest BCUT2D eigenvalue weighted by atomic mass is 15.0. The Morgan fingerprint density at radius 1 is 0.511 bits per heavy atom. The molecule has 2 nitrogen and oxygen atoms in total. The van der Waals surface area contributed by atoms with Crippen LogP contribution < -0.4 is 4.57 Å². The van der Waals surface area contributed by atoms with Crippen molar-refractivity contribution >= 4 is 43.5 Å². The second-order valence-corrected chi connectivity index (χ2v) is 16.7. The van der Waals surface area contributed by atoms with Gasteiger partial charge in [-0.1, -0.05) is 111 Å². The number of rotatable bonds is 2. The Morgan fingerprint density at radius 3 is 1.55 bits per heavy atom. The van der Waals surface area contributed by atoms with Crippen LogP contribution in [0.1, 0.15) is 84.6 Å². The van der Waals surface area contributed by atoms with Crippen LogP contribution >= 0.6 is 0 Å². The number of aryl methyl sites for hydroxylation is 2. The van der Waals surface area contributed by atoms with Crippen molar-refractivity contribution < 1.29 is 4.57 Å². The molecule has 2 heteroatoms. The molecule has 0 aliphatic rings. The molecule has 0 saturated carbocycles. The van der Waals surface area contributed by atoms with Gasteiger partial charge in [-0.15, -0.1) is 0 Å². The molecule has 238 valence electrons. The third kappa shape index (κ3) is 5.05. The average molecular weight is 618 g/mol. The van der Waals surface area contributed by atoms with Crippen molar-refractivity contribution in [3.05, 3.63) is 119 Å². The maximum absolute atomic E-state index is 2.52. The molecule has 7 rings (SSSR count). The number of hydrogen-bond donors (Lipinski definition) is 0. The Bertz CT molecular complexity index is 2290. The average Bonchev–Trinajstić information content (AvgIpc) is 3.33. The van der Waals surface area contributed by atoms with Crippen molar-refractivity contribution in [2.45, 2.75) is 85.5 Å². The normalized spacial score (nSPS) is 13.0. The minimum absolute atomic E-state index is 0.00264. The van der Waals surface area contributed by atoms with E-state index in [9.17, 15) is 0 Å². The minimum atomic E-state index is 0.00264. The SMILES string of the molecule is Cc1c(-c2cc(-n3c4ccc(C(C)(C)C)cc4c4cc(C(C)(C)C)ccc43)c3ccccc3[n+]2C)cc(C(C)(C)C)c2ccccc12. The summed E-state index contributed by atoms with van der Waals surface area (Å²) < 4.78 is 4.92. The summed E-state index contributed by atoms with van der Waals surface area (Å²) >= 11 is 0. The molecule has 0 aliphatic heterocycles. The summed E-state index contributed by atoms with van der Waals surface area (Å²) in [6.07, 6.45) is 0. The predicted molar refractivity (Wildman–Crippen MR) is 203 cm³/mol. The fourth-order valence-corrected chi connectivity index (χ4v) is 7.48. The van der Waals surface area contributed by atoms with E-state index in [2.05, 4.69) is 182 Å². The topological polar surface area (TPSA) is 8.81 Å². The Labute approximate surface area is 280 Å². The molecule has 0 unspecified atom stereocenters. The van der Waals surface area contributed by atoms with Crippen molar-refractivity contribution in [1.82, 2.24) is 4.57 Å². The molecular weight excluding hydrogens is 569 g/mol. The summed E-state index contributed by atoms with van der Waals surface area (Å²) in [5.41, 5.74) is 13.0. The van der Waals surface area contributed by atoms with Gasteiger partial charge >= 0.3 is 0 Å². The van der Waals surface area contributed by atoms with Crippen LogP contribution in [0.2, 0.25) is 0 Å². The second kappa shape index (κ2) is 10.5. The van der Waals surface area contributed by atoms with Gasteiger partial charge in [0.05, 0.1) is 27.7 Å². The smallest absolute Gasteiger partial charge is 0.215 e. The molecule has 0 atom stereocenters. The molecule has 47 heavy (non-hydrogen) atoms. The minimum Gasteiger partial charge on any atom is -0.308 e. The van der Waals surface area contributed by atoms with E-state index in [1.165, 1.54) is 82.7 Å². The second-order valence-electron chi connectivity index (χ2n) is 16.7. The van der Waals surface area contributed by atoms with Gasteiger partial charge in [0.1, 0.15) is 7.05 Å². The molecule has 2 aromatic heterocycles. The number of nitrogens with zero attached hydrogens (tertiary/aromatic N) is 2. The molecule has 0 saturated heterocycles. The molecule has 0 amide bonds. The van der Waals surface area contributed by atoms with Crippen molar-refractivity contribution in [3.8, 4) is 16.9 Å². The lowest BCUT2D eigenvalue weighted by Gasteiger charge is -2.24. The number of para-hydroxylation sites is 1. The van der Waals surface area contributed by atoms with E-state index >= 15 is 0 Å². The molecule has 0 spiro atoms. The van der Waals surface area contributed by atoms with Gasteiger partial charge in [-0.05, 0) is 92.6 Å². The Hall–Kier alpha value is -4.43. The molecule has 0 fully saturated rings. The fourth-order valence-electron chi connectivity index (χ4n) is 7.48. The standard InChI is InChI=1S/C45H49N2/c1-28-31-16-12-13-17-32(31)37(45(8,9)10)26-34(28)41-27-42(33-18-14-15-19-38(33)46(41)11)47-39-22-20-29(43(2,3)4)24-35(39)36-25-30(44(5,6)7)21-23-40(36)47/h12-27H,1-11H3/q+1. The first-order valence-corrected chi connectivity index (χ1v) is 17.1. The van der Waals surface area contributed by atoms with E-state index in [4.69, 9.17) is 0 Å². The van der Waals surface area contributed by atoms with Crippen LogP contribution in [0.3, 0.4) is 0 Å². The van der Waals surface area contributed by atoms with Crippen molar-refractivity contribution in [3.63, 3.8) is 0 Å². The summed E-state index contributed by atoms with van der Waals surface area (Å²) in [5, 5.41) is 6.54. The molecule has 7 aromatic rings. The zero-order chi connectivity index (χ0) is 33.6. The van der Waals surface area contributed by atoms with E-state index in [0.717, 1.165) is 0 Å². The predicted octanol–water partition coefficient (Wildman–Crippen LogP) is 11.8. The van der Waals surface area contributed by atoms with Gasteiger partial charge in [-0.2, -0.15) is 4.57 Å². The number of hydrogen-bond acceptors (Lipinski definition) is 0. The summed E-state index contributed by atoms with van der Waals surface area (Å²) in [6, 6.07) is 37.0. The zero-order valence-corrected chi connectivity index (χ0v) is 30.1. The highest BCUT2D eigenvalue weighted by molar-refractivity contribution is 6.11. The van der Waals surface area contributed by atoms with Gasteiger partial charge < -0.3 is 4.57 Å². The molecular formula is C45H49N2+. The molecule has 2 heterocycles. The summed E-state index contributed by atoms with van der Waals surface area (Å²) in [6.45, 7) is 23.1. The first-order valence-electron chi connectivity index (χ1n) is 17.1. The quantitative estimate of drug-likeness (QED) is 0.171. The molecule has 0 radical (unpaired) electrons. The fraction of sp³-hybridized carbons (Fsp3) is 0.311. The highest BCUT2D eigenvalue weighted by Crippen LogP contribution is 2.41. The number of benzene rings is 5. The Morgan fingerprint density at radius 2 is 1.02 bits per heavy atom. The van der Waals surface area contributed by atoms with Crippen LogP contribution in [0.5, 0.6) is 0 Å². The lowest BCUT2D eigenvalue weighted by molar-refractivity contribution is -0.633. The zero-order valence-electron chi connectivity index (χ0n) is 30.1. The van der Waals surface area contributed by atoms with Gasteiger partial charge in [0, 0.05) is 22.9 Å². The maximum atomic E-state index is 2.52. The highest BCUT2D eigenvalue weighted by Gasteiger charge is 2.27. The third-order valence-corrected chi connectivity index (χ3v) is 10.3. The number of aromatic nitrogens is 2. The van der Waals surface area contributed by atoms with Gasteiger partial charge in [0.2, 0.25) is 11.2 Å². The van der Waals surface area contributed by atoms with E-state index in [1.54, 1.807) is 0 Å². The van der Waals surface area contributed by atoms with Crippen molar-refractivity contribution in [2.75, 3.05) is 0 Å². The van der Waals surface area contributed by atoms with Gasteiger partial charge in [-0.3, -0.25) is 0 Å².